The fourth-order valence-corrected chi connectivity index (χ4v) is 4.04. The van der Waals surface area contributed by atoms with Gasteiger partial charge >= 0.3 is 0 Å². The molecule has 1 aliphatic rings. The van der Waals surface area contributed by atoms with E-state index in [1.807, 2.05) is 47.7 Å². The summed E-state index contributed by atoms with van der Waals surface area (Å²) >= 11 is 1.67. The molecule has 0 N–H and O–H groups in total. The molecule has 1 amide bonds. The summed E-state index contributed by atoms with van der Waals surface area (Å²) in [6.07, 6.45) is 4.43. The van der Waals surface area contributed by atoms with E-state index in [2.05, 4.69) is 14.9 Å². The van der Waals surface area contributed by atoms with Crippen molar-refractivity contribution in [3.05, 3.63) is 70.3 Å². The molecule has 3 aromatic rings. The number of rotatable bonds is 5. The molecule has 4 rings (SSSR count). The number of benzene rings is 1. The molecular formula is C22H24N4O2S. The van der Waals surface area contributed by atoms with Crippen LogP contribution >= 0.6 is 11.3 Å². The third-order valence-corrected chi connectivity index (χ3v) is 5.72. The number of hydrogen-bond donors (Lipinski definition) is 0. The topological polar surface area (TPSA) is 58.6 Å². The molecule has 0 bridgehead atoms. The summed E-state index contributed by atoms with van der Waals surface area (Å²) in [6.45, 7) is 6.07. The average molecular weight is 409 g/mol. The van der Waals surface area contributed by atoms with Gasteiger partial charge in [0.05, 0.1) is 6.54 Å². The largest absolute Gasteiger partial charge is 0.438 e. The van der Waals surface area contributed by atoms with E-state index < -0.39 is 0 Å². The van der Waals surface area contributed by atoms with E-state index in [9.17, 15) is 4.79 Å². The Balaban J connectivity index is 1.44. The van der Waals surface area contributed by atoms with E-state index in [1.54, 1.807) is 29.7 Å². The normalized spacial score (nSPS) is 15.1. The Kier molecular flexibility index (Phi) is 6.17. The van der Waals surface area contributed by atoms with Gasteiger partial charge in [-0.05, 0) is 37.6 Å². The molecule has 1 aromatic carbocycles. The zero-order valence-electron chi connectivity index (χ0n) is 16.5. The lowest BCUT2D eigenvalue weighted by Gasteiger charge is -2.22. The van der Waals surface area contributed by atoms with Crippen LogP contribution in [0.1, 0.15) is 27.3 Å². The Morgan fingerprint density at radius 2 is 1.93 bits per heavy atom. The lowest BCUT2D eigenvalue weighted by molar-refractivity contribution is 0.0757. The highest BCUT2D eigenvalue weighted by Gasteiger charge is 2.24. The molecule has 3 heterocycles. The number of aryl methyl sites for hydroxylation is 1. The van der Waals surface area contributed by atoms with Crippen molar-refractivity contribution in [1.29, 1.82) is 0 Å². The van der Waals surface area contributed by atoms with Gasteiger partial charge < -0.3 is 9.64 Å². The molecule has 7 heteroatoms. The number of pyridine rings is 1. The number of hydrogen-bond acceptors (Lipinski definition) is 6. The molecular weight excluding hydrogens is 384 g/mol. The van der Waals surface area contributed by atoms with Crippen molar-refractivity contribution in [2.24, 2.45) is 0 Å². The highest BCUT2D eigenvalue weighted by Crippen LogP contribution is 2.25. The molecule has 0 saturated carbocycles. The zero-order valence-corrected chi connectivity index (χ0v) is 17.3. The van der Waals surface area contributed by atoms with Gasteiger partial charge in [-0.25, -0.2) is 9.97 Å². The number of thiazole rings is 1. The molecule has 1 saturated heterocycles. The van der Waals surface area contributed by atoms with Crippen molar-refractivity contribution in [2.45, 2.75) is 19.9 Å². The third kappa shape index (κ3) is 4.99. The van der Waals surface area contributed by atoms with Crippen molar-refractivity contribution in [2.75, 3.05) is 26.2 Å². The van der Waals surface area contributed by atoms with Crippen LogP contribution in [-0.4, -0.2) is 51.9 Å². The molecule has 150 valence electrons. The Morgan fingerprint density at radius 1 is 1.07 bits per heavy atom. The molecule has 0 atom stereocenters. The van der Waals surface area contributed by atoms with E-state index >= 15 is 0 Å². The highest BCUT2D eigenvalue weighted by atomic mass is 32.1. The monoisotopic (exact) mass is 408 g/mol. The van der Waals surface area contributed by atoms with Crippen LogP contribution in [0.3, 0.4) is 0 Å². The van der Waals surface area contributed by atoms with Crippen LogP contribution in [0, 0.1) is 6.92 Å². The van der Waals surface area contributed by atoms with Crippen LogP contribution in [0.25, 0.3) is 0 Å². The fraction of sp³-hybridized carbons (Fsp3) is 0.318. The SMILES string of the molecule is Cc1ccc(Oc2ncccc2C(=O)N2CCCN(Cc3nccs3)CC2)cc1. The molecule has 0 spiro atoms. The zero-order chi connectivity index (χ0) is 20.1. The van der Waals surface area contributed by atoms with Gasteiger partial charge in [-0.15, -0.1) is 11.3 Å². The first kappa shape index (κ1) is 19.5. The minimum Gasteiger partial charge on any atom is -0.438 e. The number of ether oxygens (including phenoxy) is 1. The predicted octanol–water partition coefficient (Wildman–Crippen LogP) is 3.99. The van der Waals surface area contributed by atoms with Gasteiger partial charge in [0.15, 0.2) is 0 Å². The maximum absolute atomic E-state index is 13.2. The molecule has 29 heavy (non-hydrogen) atoms. The summed E-state index contributed by atoms with van der Waals surface area (Å²) in [4.78, 5) is 26.2. The highest BCUT2D eigenvalue weighted by molar-refractivity contribution is 7.09. The Bertz CT molecular complexity index is 944. The van der Waals surface area contributed by atoms with Crippen LogP contribution in [0.5, 0.6) is 11.6 Å². The van der Waals surface area contributed by atoms with Crippen molar-refractivity contribution in [3.63, 3.8) is 0 Å². The molecule has 1 fully saturated rings. The predicted molar refractivity (Wildman–Crippen MR) is 113 cm³/mol. The van der Waals surface area contributed by atoms with E-state index in [0.29, 0.717) is 23.7 Å². The molecule has 6 nitrogen and oxygen atoms in total. The quantitative estimate of drug-likeness (QED) is 0.639. The lowest BCUT2D eigenvalue weighted by Crippen LogP contribution is -2.35. The van der Waals surface area contributed by atoms with E-state index in [1.165, 1.54) is 0 Å². The van der Waals surface area contributed by atoms with Gasteiger partial charge in [-0.1, -0.05) is 17.7 Å². The minimum atomic E-state index is -0.0312. The summed E-state index contributed by atoms with van der Waals surface area (Å²) in [6, 6.07) is 11.3. The van der Waals surface area contributed by atoms with Crippen LogP contribution < -0.4 is 4.74 Å². The smallest absolute Gasteiger partial charge is 0.259 e. The van der Waals surface area contributed by atoms with Crippen LogP contribution in [0.2, 0.25) is 0 Å². The Morgan fingerprint density at radius 3 is 2.72 bits per heavy atom. The van der Waals surface area contributed by atoms with Gasteiger partial charge in [0.1, 0.15) is 16.3 Å². The lowest BCUT2D eigenvalue weighted by atomic mass is 10.2. The van der Waals surface area contributed by atoms with E-state index in [0.717, 1.165) is 43.2 Å². The molecule has 0 radical (unpaired) electrons. The van der Waals surface area contributed by atoms with Gasteiger partial charge in [-0.3, -0.25) is 9.69 Å². The maximum atomic E-state index is 13.2. The van der Waals surface area contributed by atoms with Crippen molar-refractivity contribution < 1.29 is 9.53 Å². The summed E-state index contributed by atoms with van der Waals surface area (Å²) in [5.74, 6) is 0.996. The number of nitrogens with zero attached hydrogens (tertiary/aromatic N) is 4. The van der Waals surface area contributed by atoms with Gasteiger partial charge in [0.25, 0.3) is 5.91 Å². The number of aromatic nitrogens is 2. The summed E-state index contributed by atoms with van der Waals surface area (Å²) in [7, 11) is 0. The summed E-state index contributed by atoms with van der Waals surface area (Å²) in [5, 5.41) is 3.12. The van der Waals surface area contributed by atoms with Gasteiger partial charge in [0, 0.05) is 44.0 Å². The molecule has 0 aliphatic carbocycles. The fourth-order valence-electron chi connectivity index (χ4n) is 3.38. The molecule has 2 aromatic heterocycles. The van der Waals surface area contributed by atoms with Crippen LogP contribution in [-0.2, 0) is 6.54 Å². The first-order valence-corrected chi connectivity index (χ1v) is 10.7. The minimum absolute atomic E-state index is 0.0312. The van der Waals surface area contributed by atoms with Crippen LogP contribution in [0.4, 0.5) is 0 Å². The number of carbonyl (C=O) groups is 1. The number of amides is 1. The average Bonchev–Trinajstić information content (AvgIpc) is 3.14. The second-order valence-corrected chi connectivity index (χ2v) is 8.10. The van der Waals surface area contributed by atoms with Crippen molar-refractivity contribution in [1.82, 2.24) is 19.8 Å². The van der Waals surface area contributed by atoms with Crippen LogP contribution in [0.15, 0.2) is 54.2 Å². The Hall–Kier alpha value is -2.77. The summed E-state index contributed by atoms with van der Waals surface area (Å²) < 4.78 is 5.92. The Labute approximate surface area is 174 Å². The first-order valence-electron chi connectivity index (χ1n) is 9.78. The third-order valence-electron chi connectivity index (χ3n) is 4.96. The molecule has 0 unspecified atom stereocenters. The van der Waals surface area contributed by atoms with Gasteiger partial charge in [-0.2, -0.15) is 0 Å². The molecule has 1 aliphatic heterocycles. The van der Waals surface area contributed by atoms with Crippen molar-refractivity contribution >= 4 is 17.2 Å². The second kappa shape index (κ2) is 9.15. The maximum Gasteiger partial charge on any atom is 0.259 e. The van der Waals surface area contributed by atoms with Crippen molar-refractivity contribution in [3.8, 4) is 11.6 Å². The number of carbonyl (C=O) groups excluding carboxylic acids is 1. The van der Waals surface area contributed by atoms with E-state index in [4.69, 9.17) is 4.74 Å². The standard InChI is InChI=1S/C22H24N4O2S/c1-17-5-7-18(8-6-17)28-21-19(4-2-9-24-21)22(27)26-12-3-11-25(13-14-26)16-20-23-10-15-29-20/h2,4-10,15H,3,11-14,16H2,1H3. The van der Waals surface area contributed by atoms with Gasteiger partial charge in [0.2, 0.25) is 5.88 Å². The second-order valence-electron chi connectivity index (χ2n) is 7.12. The van der Waals surface area contributed by atoms with E-state index in [-0.39, 0.29) is 5.91 Å². The first-order chi connectivity index (χ1) is 14.2. The summed E-state index contributed by atoms with van der Waals surface area (Å²) in [5.41, 5.74) is 1.66.